The molecule has 0 spiro atoms. The number of hydrogen-bond donors (Lipinski definition) is 2. The van der Waals surface area contributed by atoms with Gasteiger partial charge in [0, 0.05) is 98.6 Å². The van der Waals surface area contributed by atoms with Crippen LogP contribution in [0.4, 0.5) is 0 Å². The number of H-pyrrole nitrogens is 2. The number of hydrogen-bond acceptors (Lipinski definition) is 5. The molecule has 2 aliphatic heterocycles. The third kappa shape index (κ3) is 8.12. The van der Waals surface area contributed by atoms with Gasteiger partial charge < -0.3 is 29.6 Å². The van der Waals surface area contributed by atoms with E-state index in [4.69, 9.17) is 0 Å². The Morgan fingerprint density at radius 2 is 1.26 bits per heavy atom. The van der Waals surface area contributed by atoms with E-state index in [1.807, 2.05) is 54.5 Å². The van der Waals surface area contributed by atoms with Crippen LogP contribution in [-0.4, -0.2) is 119 Å². The molecule has 0 aliphatic carbocycles. The highest BCUT2D eigenvalue weighted by atomic mass is 32.2. The summed E-state index contributed by atoms with van der Waals surface area (Å²) >= 11 is 2.07. The van der Waals surface area contributed by atoms with Gasteiger partial charge >= 0.3 is 0 Å². The van der Waals surface area contributed by atoms with Gasteiger partial charge in [-0.3, -0.25) is 9.59 Å². The van der Waals surface area contributed by atoms with Crippen molar-refractivity contribution < 1.29 is 9.59 Å². The second kappa shape index (κ2) is 16.3. The Bertz CT molecular complexity index is 1890. The molecule has 3 aromatic carbocycles. The highest BCUT2D eigenvalue weighted by Crippen LogP contribution is 2.23. The second-order valence-electron chi connectivity index (χ2n) is 14.0. The number of piperidine rings is 1. The molecule has 0 saturated carbocycles. The van der Waals surface area contributed by atoms with Crippen LogP contribution in [0, 0.1) is 5.92 Å². The van der Waals surface area contributed by atoms with Gasteiger partial charge in [-0.2, -0.15) is 11.8 Å². The summed E-state index contributed by atoms with van der Waals surface area (Å²) in [4.78, 5) is 44.0. The van der Waals surface area contributed by atoms with Crippen LogP contribution in [0.1, 0.15) is 44.7 Å². The van der Waals surface area contributed by atoms with Gasteiger partial charge in [0.05, 0.1) is 11.1 Å². The Hall–Kier alpha value is -4.05. The van der Waals surface area contributed by atoms with Crippen LogP contribution in [0.25, 0.3) is 21.8 Å². The summed E-state index contributed by atoms with van der Waals surface area (Å²) in [6.45, 7) is 8.45. The van der Waals surface area contributed by atoms with Gasteiger partial charge in [0.25, 0.3) is 11.8 Å². The van der Waals surface area contributed by atoms with Gasteiger partial charge in [0.2, 0.25) is 0 Å². The lowest BCUT2D eigenvalue weighted by molar-refractivity contribution is 0.0703. The van der Waals surface area contributed by atoms with E-state index in [1.54, 1.807) is 11.0 Å². The van der Waals surface area contributed by atoms with Gasteiger partial charge in [-0.25, -0.2) is 0 Å². The number of para-hydroxylation sites is 2. The molecule has 9 heteroatoms. The van der Waals surface area contributed by atoms with E-state index in [2.05, 4.69) is 68.1 Å². The molecular weight excluding hydrogens is 641 g/mol. The number of thioether (sulfide) groups is 1. The molecule has 0 radical (unpaired) electrons. The third-order valence-electron chi connectivity index (χ3n) is 10.8. The monoisotopic (exact) mass is 690 g/mol. The maximum absolute atomic E-state index is 14.5. The Kier molecular flexibility index (Phi) is 11.2. The molecule has 2 saturated heterocycles. The first-order valence-electron chi connectivity index (χ1n) is 18.3. The van der Waals surface area contributed by atoms with Gasteiger partial charge in [-0.1, -0.05) is 48.5 Å². The van der Waals surface area contributed by atoms with E-state index < -0.39 is 0 Å². The molecule has 2 fully saturated rings. The van der Waals surface area contributed by atoms with Gasteiger partial charge in [-0.05, 0) is 80.1 Å². The van der Waals surface area contributed by atoms with Gasteiger partial charge in [0.1, 0.15) is 0 Å². The van der Waals surface area contributed by atoms with Gasteiger partial charge in [-0.15, -0.1) is 0 Å². The first kappa shape index (κ1) is 34.4. The molecule has 2 aliphatic rings. The fraction of sp³-hybridized carbons (Fsp3) is 0.415. The first-order valence-corrected chi connectivity index (χ1v) is 19.4. The molecular formula is C41H50N6O2S. The highest BCUT2D eigenvalue weighted by molar-refractivity contribution is 7.99. The van der Waals surface area contributed by atoms with E-state index in [-0.39, 0.29) is 11.8 Å². The van der Waals surface area contributed by atoms with E-state index in [9.17, 15) is 9.59 Å². The lowest BCUT2D eigenvalue weighted by atomic mass is 9.96. The van der Waals surface area contributed by atoms with Crippen LogP contribution in [0.2, 0.25) is 0 Å². The molecule has 2 aromatic heterocycles. The zero-order valence-corrected chi connectivity index (χ0v) is 30.1. The van der Waals surface area contributed by atoms with Crippen molar-refractivity contribution in [1.29, 1.82) is 0 Å². The van der Waals surface area contributed by atoms with Crippen LogP contribution in [0.15, 0.2) is 85.2 Å². The average Bonchev–Trinajstić information content (AvgIpc) is 3.78. The standard InChI is InChI=1S/C41H50N6O2S/c1-44(18-16-32-28-42-38-12-6-4-8-34(32)38)40(48)36-10-2-3-11-37(36)41(49)47(21-17-33-29-43-39-13-7-5-9-35(33)39)23-22-45-19-14-31(15-20-45)30-46-24-26-50-27-25-46/h2-13,28-29,31,42-43H,14-27,30H2,1H3. The van der Waals surface area contributed by atoms with Crippen LogP contribution >= 0.6 is 11.8 Å². The molecule has 50 heavy (non-hydrogen) atoms. The normalized spacial score (nSPS) is 16.3. The summed E-state index contributed by atoms with van der Waals surface area (Å²) in [5.41, 5.74) is 5.54. The Balaban J connectivity index is 1.03. The molecule has 2 amide bonds. The Labute approximate surface area is 300 Å². The van der Waals surface area contributed by atoms with Crippen molar-refractivity contribution in [2.24, 2.45) is 5.92 Å². The summed E-state index contributed by atoms with van der Waals surface area (Å²) in [7, 11) is 1.83. The van der Waals surface area contributed by atoms with Crippen LogP contribution in [0.5, 0.6) is 0 Å². The van der Waals surface area contributed by atoms with E-state index in [0.29, 0.717) is 30.8 Å². The second-order valence-corrected chi connectivity index (χ2v) is 15.2. The van der Waals surface area contributed by atoms with Crippen LogP contribution in [0.3, 0.4) is 0 Å². The minimum absolute atomic E-state index is 0.0725. The SMILES string of the molecule is CN(CCc1c[nH]c2ccccc12)C(=O)c1ccccc1C(=O)N(CCc1c[nH]c2ccccc12)CCN1CCC(CN2CCSCC2)CC1. The van der Waals surface area contributed by atoms with Crippen LogP contribution < -0.4 is 0 Å². The van der Waals surface area contributed by atoms with E-state index in [1.165, 1.54) is 65.9 Å². The van der Waals surface area contributed by atoms with Crippen molar-refractivity contribution in [2.75, 3.05) is 77.5 Å². The maximum atomic E-state index is 14.5. The molecule has 5 aromatic rings. The maximum Gasteiger partial charge on any atom is 0.254 e. The number of aromatic nitrogens is 2. The minimum Gasteiger partial charge on any atom is -0.361 e. The summed E-state index contributed by atoms with van der Waals surface area (Å²) in [5, 5.41) is 2.38. The number of amides is 2. The van der Waals surface area contributed by atoms with Crippen molar-refractivity contribution in [3.63, 3.8) is 0 Å². The lowest BCUT2D eigenvalue weighted by Gasteiger charge is -2.36. The van der Waals surface area contributed by atoms with E-state index >= 15 is 0 Å². The summed E-state index contributed by atoms with van der Waals surface area (Å²) < 4.78 is 0. The molecule has 8 nitrogen and oxygen atoms in total. The van der Waals surface area contributed by atoms with Crippen molar-refractivity contribution in [1.82, 2.24) is 29.6 Å². The topological polar surface area (TPSA) is 78.7 Å². The molecule has 262 valence electrons. The fourth-order valence-corrected chi connectivity index (χ4v) is 8.65. The first-order chi connectivity index (χ1) is 24.5. The number of nitrogens with zero attached hydrogens (tertiary/aromatic N) is 4. The average molecular weight is 691 g/mol. The number of carbonyl (C=O) groups excluding carboxylic acids is 2. The fourth-order valence-electron chi connectivity index (χ4n) is 7.67. The van der Waals surface area contributed by atoms with Crippen LogP contribution in [-0.2, 0) is 12.8 Å². The Morgan fingerprint density at radius 3 is 1.90 bits per heavy atom. The van der Waals surface area contributed by atoms with Crippen molar-refractivity contribution in [3.05, 3.63) is 107 Å². The summed E-state index contributed by atoms with van der Waals surface area (Å²) in [6, 6.07) is 23.9. The number of likely N-dealkylation sites (tertiary alicyclic amines) is 1. The smallest absolute Gasteiger partial charge is 0.254 e. The number of aromatic amines is 2. The van der Waals surface area contributed by atoms with Gasteiger partial charge in [0.15, 0.2) is 0 Å². The number of benzene rings is 3. The van der Waals surface area contributed by atoms with E-state index in [0.717, 1.165) is 49.4 Å². The number of rotatable bonds is 13. The number of likely N-dealkylation sites (N-methyl/N-ethyl adjacent to an activating group) is 1. The predicted molar refractivity (Wildman–Crippen MR) is 206 cm³/mol. The third-order valence-corrected chi connectivity index (χ3v) is 11.7. The largest absolute Gasteiger partial charge is 0.361 e. The Morgan fingerprint density at radius 1 is 0.700 bits per heavy atom. The number of fused-ring (bicyclic) bond motifs is 2. The predicted octanol–water partition coefficient (Wildman–Crippen LogP) is 6.41. The molecule has 4 heterocycles. The molecule has 2 N–H and O–H groups in total. The molecule has 0 bridgehead atoms. The molecule has 7 rings (SSSR count). The molecule has 0 unspecified atom stereocenters. The van der Waals surface area contributed by atoms with Crippen molar-refractivity contribution in [3.8, 4) is 0 Å². The number of nitrogens with one attached hydrogen (secondary N) is 2. The highest BCUT2D eigenvalue weighted by Gasteiger charge is 2.26. The summed E-state index contributed by atoms with van der Waals surface area (Å²) in [6.07, 6.45) is 8.01. The summed E-state index contributed by atoms with van der Waals surface area (Å²) in [5.74, 6) is 3.09. The van der Waals surface area contributed by atoms with Crippen molar-refractivity contribution in [2.45, 2.75) is 25.7 Å². The number of carbonyl (C=O) groups is 2. The minimum atomic E-state index is -0.125. The molecule has 0 atom stereocenters. The quantitative estimate of drug-likeness (QED) is 0.149. The van der Waals surface area contributed by atoms with Crippen molar-refractivity contribution >= 4 is 45.4 Å². The zero-order valence-electron chi connectivity index (χ0n) is 29.3. The lowest BCUT2D eigenvalue weighted by Crippen LogP contribution is -2.45. The zero-order chi connectivity index (χ0) is 34.3.